The molecule has 0 spiro atoms. The standard InChI is InChI=1S/C16H20N2O4/c1-2-22-15(20)11-9-13(8-10-14(17)19)18-16(21)12-6-4-3-5-7-12/h3-7,9,11,13H,2,8,10H2,1H3,(H2,17,19)(H,18,21)/b11-9+/t13-/m0/s1. The second-order valence-corrected chi connectivity index (χ2v) is 4.56. The number of nitrogens with two attached hydrogens (primary N) is 1. The molecule has 0 aliphatic heterocycles. The van der Waals surface area contributed by atoms with E-state index < -0.39 is 17.9 Å². The van der Waals surface area contributed by atoms with Gasteiger partial charge < -0.3 is 15.8 Å². The van der Waals surface area contributed by atoms with Crippen LogP contribution in [0.15, 0.2) is 42.5 Å². The summed E-state index contributed by atoms with van der Waals surface area (Å²) in [7, 11) is 0. The van der Waals surface area contributed by atoms with Gasteiger partial charge >= 0.3 is 5.97 Å². The number of ether oxygens (including phenoxy) is 1. The van der Waals surface area contributed by atoms with Crippen LogP contribution in [0.5, 0.6) is 0 Å². The van der Waals surface area contributed by atoms with Crippen LogP contribution in [0.2, 0.25) is 0 Å². The number of hydrogen-bond acceptors (Lipinski definition) is 4. The molecule has 3 N–H and O–H groups in total. The Bertz CT molecular complexity index is 540. The fourth-order valence-corrected chi connectivity index (χ4v) is 1.74. The molecule has 0 heterocycles. The maximum absolute atomic E-state index is 12.1. The van der Waals surface area contributed by atoms with Crippen molar-refractivity contribution in [2.75, 3.05) is 6.61 Å². The van der Waals surface area contributed by atoms with Gasteiger partial charge in [0.25, 0.3) is 5.91 Å². The first-order valence-corrected chi connectivity index (χ1v) is 7.02. The molecule has 0 saturated heterocycles. The summed E-state index contributed by atoms with van der Waals surface area (Å²) in [5.74, 6) is -1.26. The largest absolute Gasteiger partial charge is 0.463 e. The molecular formula is C16H20N2O4. The number of benzene rings is 1. The van der Waals surface area contributed by atoms with Gasteiger partial charge in [-0.3, -0.25) is 9.59 Å². The normalized spacial score (nSPS) is 11.9. The highest BCUT2D eigenvalue weighted by atomic mass is 16.5. The summed E-state index contributed by atoms with van der Waals surface area (Å²) in [6, 6.07) is 8.18. The Kier molecular flexibility index (Phi) is 7.39. The predicted molar refractivity (Wildman–Crippen MR) is 81.9 cm³/mol. The third-order valence-electron chi connectivity index (χ3n) is 2.81. The van der Waals surface area contributed by atoms with Crippen molar-refractivity contribution in [3.8, 4) is 0 Å². The van der Waals surface area contributed by atoms with E-state index in [1.54, 1.807) is 31.2 Å². The minimum absolute atomic E-state index is 0.104. The number of nitrogens with one attached hydrogen (secondary N) is 1. The zero-order valence-corrected chi connectivity index (χ0v) is 12.5. The molecule has 6 heteroatoms. The topological polar surface area (TPSA) is 98.5 Å². The first-order chi connectivity index (χ1) is 10.5. The summed E-state index contributed by atoms with van der Waals surface area (Å²) in [6.45, 7) is 1.97. The third kappa shape index (κ3) is 6.69. The molecular weight excluding hydrogens is 284 g/mol. The van der Waals surface area contributed by atoms with E-state index in [-0.39, 0.29) is 18.9 Å². The molecule has 0 bridgehead atoms. The maximum atomic E-state index is 12.1. The van der Waals surface area contributed by atoms with Gasteiger partial charge in [0.2, 0.25) is 5.91 Å². The predicted octanol–water partition coefficient (Wildman–Crippen LogP) is 1.17. The van der Waals surface area contributed by atoms with Crippen LogP contribution < -0.4 is 11.1 Å². The second kappa shape index (κ2) is 9.33. The van der Waals surface area contributed by atoms with E-state index in [1.165, 1.54) is 12.2 Å². The van der Waals surface area contributed by atoms with Gasteiger partial charge in [0.1, 0.15) is 0 Å². The average molecular weight is 304 g/mol. The number of esters is 1. The minimum atomic E-state index is -0.500. The molecule has 6 nitrogen and oxygen atoms in total. The molecule has 0 fully saturated rings. The Morgan fingerprint density at radius 3 is 2.55 bits per heavy atom. The first kappa shape index (κ1) is 17.4. The number of amides is 2. The molecule has 1 aromatic carbocycles. The zero-order valence-electron chi connectivity index (χ0n) is 12.5. The quantitative estimate of drug-likeness (QED) is 0.556. The monoisotopic (exact) mass is 304 g/mol. The fraction of sp³-hybridized carbons (Fsp3) is 0.312. The lowest BCUT2D eigenvalue weighted by atomic mass is 10.1. The second-order valence-electron chi connectivity index (χ2n) is 4.56. The first-order valence-electron chi connectivity index (χ1n) is 7.02. The molecule has 0 saturated carbocycles. The number of carbonyl (C=O) groups is 3. The van der Waals surface area contributed by atoms with E-state index in [2.05, 4.69) is 5.32 Å². The van der Waals surface area contributed by atoms with Gasteiger partial charge in [0.05, 0.1) is 6.61 Å². The summed E-state index contributed by atoms with van der Waals surface area (Å²) >= 11 is 0. The summed E-state index contributed by atoms with van der Waals surface area (Å²) in [5.41, 5.74) is 5.62. The minimum Gasteiger partial charge on any atom is -0.463 e. The number of hydrogen-bond donors (Lipinski definition) is 2. The molecule has 118 valence electrons. The Morgan fingerprint density at radius 2 is 1.95 bits per heavy atom. The van der Waals surface area contributed by atoms with Crippen molar-refractivity contribution in [3.63, 3.8) is 0 Å². The molecule has 1 rings (SSSR count). The molecule has 2 amide bonds. The van der Waals surface area contributed by atoms with E-state index in [1.807, 2.05) is 6.07 Å². The van der Waals surface area contributed by atoms with Crippen LogP contribution in [0.3, 0.4) is 0 Å². The van der Waals surface area contributed by atoms with E-state index in [4.69, 9.17) is 10.5 Å². The van der Waals surface area contributed by atoms with Crippen molar-refractivity contribution < 1.29 is 19.1 Å². The summed E-state index contributed by atoms with van der Waals surface area (Å²) < 4.78 is 4.78. The van der Waals surface area contributed by atoms with Crippen LogP contribution in [-0.2, 0) is 14.3 Å². The van der Waals surface area contributed by atoms with Gasteiger partial charge in [-0.15, -0.1) is 0 Å². The van der Waals surface area contributed by atoms with Crippen LogP contribution in [0.1, 0.15) is 30.1 Å². The van der Waals surface area contributed by atoms with Crippen LogP contribution in [0, 0.1) is 0 Å². The Hall–Kier alpha value is -2.63. The van der Waals surface area contributed by atoms with Crippen molar-refractivity contribution in [1.82, 2.24) is 5.32 Å². The summed E-state index contributed by atoms with van der Waals surface area (Å²) in [4.78, 5) is 34.3. The molecule has 1 atom stereocenters. The van der Waals surface area contributed by atoms with Gasteiger partial charge in [0, 0.05) is 24.1 Å². The summed E-state index contributed by atoms with van der Waals surface area (Å²) in [6.07, 6.45) is 3.15. The van der Waals surface area contributed by atoms with Crippen molar-refractivity contribution in [1.29, 1.82) is 0 Å². The average Bonchev–Trinajstić information content (AvgIpc) is 2.51. The van der Waals surface area contributed by atoms with Gasteiger partial charge in [-0.05, 0) is 25.5 Å². The molecule has 22 heavy (non-hydrogen) atoms. The van der Waals surface area contributed by atoms with E-state index in [9.17, 15) is 14.4 Å². The smallest absolute Gasteiger partial charge is 0.330 e. The maximum Gasteiger partial charge on any atom is 0.330 e. The number of primary amides is 1. The molecule has 0 radical (unpaired) electrons. The molecule has 0 unspecified atom stereocenters. The highest BCUT2D eigenvalue weighted by molar-refractivity contribution is 5.94. The highest BCUT2D eigenvalue weighted by Crippen LogP contribution is 2.04. The van der Waals surface area contributed by atoms with Crippen molar-refractivity contribution in [2.24, 2.45) is 5.73 Å². The summed E-state index contributed by atoms with van der Waals surface area (Å²) in [5, 5.41) is 2.74. The van der Waals surface area contributed by atoms with E-state index >= 15 is 0 Å². The lowest BCUT2D eigenvalue weighted by Crippen LogP contribution is -2.34. The number of rotatable bonds is 8. The Balaban J connectivity index is 2.70. The van der Waals surface area contributed by atoms with Crippen molar-refractivity contribution in [2.45, 2.75) is 25.8 Å². The van der Waals surface area contributed by atoms with E-state index in [0.717, 1.165) is 0 Å². The third-order valence-corrected chi connectivity index (χ3v) is 2.81. The van der Waals surface area contributed by atoms with Crippen LogP contribution >= 0.6 is 0 Å². The van der Waals surface area contributed by atoms with Gasteiger partial charge in [-0.1, -0.05) is 24.3 Å². The Labute approximate surface area is 129 Å². The fourth-order valence-electron chi connectivity index (χ4n) is 1.74. The highest BCUT2D eigenvalue weighted by Gasteiger charge is 2.12. The van der Waals surface area contributed by atoms with E-state index in [0.29, 0.717) is 12.0 Å². The van der Waals surface area contributed by atoms with Crippen LogP contribution in [-0.4, -0.2) is 30.4 Å². The van der Waals surface area contributed by atoms with Gasteiger partial charge in [-0.2, -0.15) is 0 Å². The molecule has 1 aromatic rings. The number of carbonyl (C=O) groups excluding carboxylic acids is 3. The SMILES string of the molecule is CCOC(=O)/C=C/[C@H](CCC(N)=O)NC(=O)c1ccccc1. The lowest BCUT2D eigenvalue weighted by Gasteiger charge is -2.14. The van der Waals surface area contributed by atoms with Gasteiger partial charge in [-0.25, -0.2) is 4.79 Å². The Morgan fingerprint density at radius 1 is 1.27 bits per heavy atom. The van der Waals surface area contributed by atoms with Gasteiger partial charge in [0.15, 0.2) is 0 Å². The van der Waals surface area contributed by atoms with Crippen molar-refractivity contribution in [3.05, 3.63) is 48.0 Å². The van der Waals surface area contributed by atoms with Crippen molar-refractivity contribution >= 4 is 17.8 Å². The lowest BCUT2D eigenvalue weighted by molar-refractivity contribution is -0.137. The molecule has 0 aliphatic carbocycles. The zero-order chi connectivity index (χ0) is 16.4. The molecule has 0 aliphatic rings. The van der Waals surface area contributed by atoms with Crippen LogP contribution in [0.4, 0.5) is 0 Å². The van der Waals surface area contributed by atoms with Crippen LogP contribution in [0.25, 0.3) is 0 Å². The molecule has 0 aromatic heterocycles.